The van der Waals surface area contributed by atoms with Crippen LogP contribution in [0.5, 0.6) is 0 Å². The van der Waals surface area contributed by atoms with Crippen molar-refractivity contribution in [2.45, 2.75) is 19.4 Å². The molecule has 110 valence electrons. The fourth-order valence-corrected chi connectivity index (χ4v) is 2.71. The van der Waals surface area contributed by atoms with Gasteiger partial charge in [-0.1, -0.05) is 0 Å². The molecule has 0 aliphatic heterocycles. The number of aromatic nitrogens is 4. The lowest BCUT2D eigenvalue weighted by atomic mass is 10.2. The Balaban J connectivity index is 1.96. The summed E-state index contributed by atoms with van der Waals surface area (Å²) in [5, 5.41) is 4.16. The van der Waals surface area contributed by atoms with E-state index in [2.05, 4.69) is 10.1 Å². The molecule has 21 heavy (non-hydrogen) atoms. The number of halogens is 2. The molecule has 2 aromatic heterocycles. The van der Waals surface area contributed by atoms with Crippen molar-refractivity contribution < 1.29 is 4.39 Å². The molecule has 0 spiro atoms. The van der Waals surface area contributed by atoms with Crippen LogP contribution >= 0.6 is 11.6 Å². The first-order valence-corrected chi connectivity index (χ1v) is 7.40. The minimum absolute atomic E-state index is 0.249. The zero-order chi connectivity index (χ0) is 14.8. The molecule has 3 rings (SSSR count). The van der Waals surface area contributed by atoms with E-state index in [9.17, 15) is 4.39 Å². The number of alkyl halides is 1. The van der Waals surface area contributed by atoms with Gasteiger partial charge in [-0.15, -0.1) is 11.6 Å². The molecule has 0 aliphatic rings. The van der Waals surface area contributed by atoms with Gasteiger partial charge in [0.05, 0.1) is 11.0 Å². The second-order valence-corrected chi connectivity index (χ2v) is 5.33. The fourth-order valence-electron chi connectivity index (χ4n) is 2.54. The molecule has 0 fully saturated rings. The number of aryl methyl sites for hydroxylation is 4. The van der Waals surface area contributed by atoms with Gasteiger partial charge in [0.1, 0.15) is 11.6 Å². The van der Waals surface area contributed by atoms with E-state index in [1.807, 2.05) is 22.4 Å². The Morgan fingerprint density at radius 3 is 2.81 bits per heavy atom. The van der Waals surface area contributed by atoms with Gasteiger partial charge < -0.3 is 4.57 Å². The van der Waals surface area contributed by atoms with E-state index in [0.717, 1.165) is 35.5 Å². The molecule has 6 heteroatoms. The first-order chi connectivity index (χ1) is 10.2. The molecular formula is C15H16ClFN4. The summed E-state index contributed by atoms with van der Waals surface area (Å²) in [4.78, 5) is 4.56. The van der Waals surface area contributed by atoms with E-state index in [1.54, 1.807) is 12.3 Å². The number of nitrogens with zero attached hydrogens (tertiary/aromatic N) is 4. The Kier molecular flexibility index (Phi) is 3.92. The molecule has 0 N–H and O–H groups in total. The molecule has 3 aromatic rings. The molecule has 4 nitrogen and oxygen atoms in total. The lowest BCUT2D eigenvalue weighted by molar-refractivity contribution is 0.618. The number of hydrogen-bond donors (Lipinski definition) is 0. The van der Waals surface area contributed by atoms with Crippen molar-refractivity contribution >= 4 is 22.6 Å². The van der Waals surface area contributed by atoms with Gasteiger partial charge in [0, 0.05) is 44.2 Å². The predicted octanol–water partition coefficient (Wildman–Crippen LogP) is 2.93. The van der Waals surface area contributed by atoms with Crippen LogP contribution in [0.15, 0.2) is 30.5 Å². The highest BCUT2D eigenvalue weighted by Gasteiger charge is 2.12. The Bertz CT molecular complexity index is 762. The highest BCUT2D eigenvalue weighted by atomic mass is 35.5. The number of rotatable bonds is 5. The summed E-state index contributed by atoms with van der Waals surface area (Å²) in [6.45, 7) is 0.728. The van der Waals surface area contributed by atoms with Gasteiger partial charge >= 0.3 is 0 Å². The normalized spacial score (nSPS) is 11.4. The van der Waals surface area contributed by atoms with Crippen LogP contribution in [0.2, 0.25) is 0 Å². The number of fused-ring (bicyclic) bond motifs is 1. The average molecular weight is 307 g/mol. The van der Waals surface area contributed by atoms with Gasteiger partial charge in [-0.3, -0.25) is 4.68 Å². The molecule has 0 bridgehead atoms. The first kappa shape index (κ1) is 14.1. The largest absolute Gasteiger partial charge is 0.327 e. The van der Waals surface area contributed by atoms with Crippen LogP contribution < -0.4 is 0 Å². The highest BCUT2D eigenvalue weighted by molar-refractivity contribution is 6.17. The monoisotopic (exact) mass is 306 g/mol. The minimum Gasteiger partial charge on any atom is -0.327 e. The van der Waals surface area contributed by atoms with Gasteiger partial charge in [-0.2, -0.15) is 5.10 Å². The summed E-state index contributed by atoms with van der Waals surface area (Å²) in [6, 6.07) is 6.67. The van der Waals surface area contributed by atoms with Crippen molar-refractivity contribution in [1.29, 1.82) is 0 Å². The molecule has 2 heterocycles. The number of imidazole rings is 1. The van der Waals surface area contributed by atoms with E-state index in [4.69, 9.17) is 11.6 Å². The number of benzene rings is 1. The van der Waals surface area contributed by atoms with Crippen LogP contribution in [0.25, 0.3) is 11.0 Å². The van der Waals surface area contributed by atoms with Crippen molar-refractivity contribution in [2.24, 2.45) is 7.05 Å². The smallest absolute Gasteiger partial charge is 0.125 e. The summed E-state index contributed by atoms with van der Waals surface area (Å²) < 4.78 is 17.4. The van der Waals surface area contributed by atoms with Crippen LogP contribution in [0, 0.1) is 5.82 Å². The van der Waals surface area contributed by atoms with Crippen molar-refractivity contribution in [1.82, 2.24) is 19.3 Å². The van der Waals surface area contributed by atoms with E-state index in [0.29, 0.717) is 12.3 Å². The molecule has 1 aromatic carbocycles. The maximum atomic E-state index is 13.5. The van der Waals surface area contributed by atoms with Gasteiger partial charge in [-0.05, 0) is 24.3 Å². The maximum Gasteiger partial charge on any atom is 0.125 e. The van der Waals surface area contributed by atoms with E-state index < -0.39 is 0 Å². The van der Waals surface area contributed by atoms with E-state index in [-0.39, 0.29) is 5.82 Å². The zero-order valence-corrected chi connectivity index (χ0v) is 12.5. The lowest BCUT2D eigenvalue weighted by Crippen LogP contribution is -2.09. The Morgan fingerprint density at radius 2 is 2.10 bits per heavy atom. The molecule has 0 amide bonds. The Hall–Kier alpha value is -1.88. The van der Waals surface area contributed by atoms with Crippen LogP contribution in [0.4, 0.5) is 4.39 Å². The number of hydrogen-bond acceptors (Lipinski definition) is 2. The third-order valence-corrected chi connectivity index (χ3v) is 3.81. The van der Waals surface area contributed by atoms with Crippen molar-refractivity contribution in [2.75, 3.05) is 5.88 Å². The second-order valence-electron chi connectivity index (χ2n) is 4.95. The molecule has 0 saturated heterocycles. The molecule has 0 atom stereocenters. The fraction of sp³-hybridized carbons (Fsp3) is 0.333. The van der Waals surface area contributed by atoms with Crippen LogP contribution in [-0.4, -0.2) is 25.2 Å². The van der Waals surface area contributed by atoms with Crippen LogP contribution in [0.1, 0.15) is 11.5 Å². The predicted molar refractivity (Wildman–Crippen MR) is 81.0 cm³/mol. The van der Waals surface area contributed by atoms with Crippen molar-refractivity contribution in [3.63, 3.8) is 0 Å². The van der Waals surface area contributed by atoms with Crippen LogP contribution in [-0.2, 0) is 26.4 Å². The third kappa shape index (κ3) is 2.78. The zero-order valence-electron chi connectivity index (χ0n) is 11.8. The average Bonchev–Trinajstić information content (AvgIpc) is 3.01. The van der Waals surface area contributed by atoms with Gasteiger partial charge in [0.2, 0.25) is 0 Å². The van der Waals surface area contributed by atoms with Gasteiger partial charge in [-0.25, -0.2) is 9.37 Å². The first-order valence-electron chi connectivity index (χ1n) is 6.86. The summed E-state index contributed by atoms with van der Waals surface area (Å²) in [5.74, 6) is 1.15. The second kappa shape index (κ2) is 5.85. The molecule has 0 saturated carbocycles. The quantitative estimate of drug-likeness (QED) is 0.679. The summed E-state index contributed by atoms with van der Waals surface area (Å²) in [6.07, 6.45) is 3.26. The van der Waals surface area contributed by atoms with E-state index >= 15 is 0 Å². The van der Waals surface area contributed by atoms with Gasteiger partial charge in [0.15, 0.2) is 0 Å². The van der Waals surface area contributed by atoms with Crippen molar-refractivity contribution in [3.8, 4) is 0 Å². The van der Waals surface area contributed by atoms with Gasteiger partial charge in [0.25, 0.3) is 0 Å². The summed E-state index contributed by atoms with van der Waals surface area (Å²) in [5.41, 5.74) is 2.75. The third-order valence-electron chi connectivity index (χ3n) is 3.62. The summed E-state index contributed by atoms with van der Waals surface area (Å²) in [7, 11) is 1.92. The topological polar surface area (TPSA) is 35.6 Å². The lowest BCUT2D eigenvalue weighted by Gasteiger charge is -2.09. The van der Waals surface area contributed by atoms with Crippen LogP contribution in [0.3, 0.4) is 0 Å². The van der Waals surface area contributed by atoms with Crippen molar-refractivity contribution in [3.05, 3.63) is 47.8 Å². The Labute approximate surface area is 127 Å². The Morgan fingerprint density at radius 1 is 1.24 bits per heavy atom. The molecule has 0 aliphatic carbocycles. The highest BCUT2D eigenvalue weighted by Crippen LogP contribution is 2.19. The maximum absolute atomic E-state index is 13.5. The SMILES string of the molecule is Cn1nccc1CCn1c(CCCl)nc2ccc(F)cc21. The standard InChI is InChI=1S/C15H16ClFN4/c1-20-12(5-8-18-20)6-9-21-14-10-11(17)2-3-13(14)19-15(21)4-7-16/h2-3,5,8,10H,4,6-7,9H2,1H3. The molecular weight excluding hydrogens is 291 g/mol. The van der Waals surface area contributed by atoms with E-state index in [1.165, 1.54) is 12.1 Å². The summed E-state index contributed by atoms with van der Waals surface area (Å²) >= 11 is 5.85. The minimum atomic E-state index is -0.249. The molecule has 0 radical (unpaired) electrons. The molecule has 0 unspecified atom stereocenters.